The van der Waals surface area contributed by atoms with Crippen molar-refractivity contribution in [1.29, 1.82) is 0 Å². The van der Waals surface area contributed by atoms with E-state index in [4.69, 9.17) is 14.2 Å². The number of carbonyl (C=O) groups excluding carboxylic acids is 1. The summed E-state index contributed by atoms with van der Waals surface area (Å²) in [7, 11) is 0. The zero-order chi connectivity index (χ0) is 13.5. The first-order chi connectivity index (χ1) is 9.29. The molecule has 0 saturated carbocycles. The molecular formula is C15H18O4. The van der Waals surface area contributed by atoms with Crippen LogP contribution in [0.5, 0.6) is 5.75 Å². The van der Waals surface area contributed by atoms with Gasteiger partial charge in [-0.1, -0.05) is 18.2 Å². The van der Waals surface area contributed by atoms with Gasteiger partial charge < -0.3 is 14.2 Å². The van der Waals surface area contributed by atoms with Crippen LogP contribution in [0.15, 0.2) is 36.4 Å². The second-order valence-corrected chi connectivity index (χ2v) is 4.23. The van der Waals surface area contributed by atoms with Crippen molar-refractivity contribution in [1.82, 2.24) is 0 Å². The fourth-order valence-electron chi connectivity index (χ4n) is 1.72. The predicted molar refractivity (Wildman–Crippen MR) is 71.2 cm³/mol. The second-order valence-electron chi connectivity index (χ2n) is 4.23. The van der Waals surface area contributed by atoms with Gasteiger partial charge in [-0.15, -0.1) is 0 Å². The molecule has 0 amide bonds. The number of rotatable bonds is 7. The molecule has 0 spiro atoms. The molecule has 4 heteroatoms. The summed E-state index contributed by atoms with van der Waals surface area (Å²) in [5.41, 5.74) is 1.13. The molecule has 4 nitrogen and oxygen atoms in total. The highest BCUT2D eigenvalue weighted by Crippen LogP contribution is 2.24. The normalized spacial score (nSPS) is 17.4. The highest BCUT2D eigenvalue weighted by Gasteiger charge is 2.23. The minimum Gasteiger partial charge on any atom is -0.489 e. The molecule has 19 heavy (non-hydrogen) atoms. The lowest BCUT2D eigenvalue weighted by molar-refractivity contribution is -0.137. The van der Waals surface area contributed by atoms with Gasteiger partial charge in [0.2, 0.25) is 0 Å². The maximum atomic E-state index is 11.1. The maximum Gasteiger partial charge on any atom is 0.330 e. The number of carbonyl (C=O) groups is 1. The number of benzene rings is 1. The highest BCUT2D eigenvalue weighted by molar-refractivity contribution is 5.81. The molecule has 102 valence electrons. The van der Waals surface area contributed by atoms with E-state index >= 15 is 0 Å². The van der Waals surface area contributed by atoms with Gasteiger partial charge in [0.25, 0.3) is 0 Å². The summed E-state index contributed by atoms with van der Waals surface area (Å²) in [6.07, 6.45) is 4.25. The fraction of sp³-hybridized carbons (Fsp3) is 0.400. The molecule has 1 heterocycles. The van der Waals surface area contributed by atoms with Gasteiger partial charge in [0.05, 0.1) is 19.3 Å². The lowest BCUT2D eigenvalue weighted by Crippen LogP contribution is -2.02. The summed E-state index contributed by atoms with van der Waals surface area (Å²) < 4.78 is 15.6. The van der Waals surface area contributed by atoms with E-state index in [0.29, 0.717) is 19.3 Å². The molecule has 0 radical (unpaired) electrons. The zero-order valence-electron chi connectivity index (χ0n) is 11.0. The number of esters is 1. The average molecular weight is 262 g/mol. The third-order valence-electron chi connectivity index (χ3n) is 2.70. The van der Waals surface area contributed by atoms with Crippen LogP contribution in [0, 0.1) is 0 Å². The number of epoxide rings is 1. The molecule has 2 rings (SSSR count). The van der Waals surface area contributed by atoms with E-state index in [0.717, 1.165) is 24.3 Å². The summed E-state index contributed by atoms with van der Waals surface area (Å²) in [5.74, 6) is 0.497. The Balaban J connectivity index is 1.83. The molecule has 1 aromatic carbocycles. The van der Waals surface area contributed by atoms with E-state index in [2.05, 4.69) is 0 Å². The Morgan fingerprint density at radius 1 is 1.47 bits per heavy atom. The van der Waals surface area contributed by atoms with E-state index < -0.39 is 0 Å². The van der Waals surface area contributed by atoms with Gasteiger partial charge >= 0.3 is 5.97 Å². The minimum atomic E-state index is -0.342. The molecular weight excluding hydrogens is 244 g/mol. The molecule has 1 saturated heterocycles. The first-order valence-electron chi connectivity index (χ1n) is 6.45. The first kappa shape index (κ1) is 13.6. The Morgan fingerprint density at radius 2 is 2.26 bits per heavy atom. The summed E-state index contributed by atoms with van der Waals surface area (Å²) in [5, 5.41) is 0. The molecule has 0 aliphatic carbocycles. The van der Waals surface area contributed by atoms with Crippen LogP contribution < -0.4 is 4.74 Å². The Kier molecular flexibility index (Phi) is 4.98. The van der Waals surface area contributed by atoms with Crippen LogP contribution in [0.3, 0.4) is 0 Å². The Bertz CT molecular complexity index is 449. The maximum absolute atomic E-state index is 11.1. The Hall–Kier alpha value is -1.81. The van der Waals surface area contributed by atoms with Crippen LogP contribution in [-0.4, -0.2) is 31.9 Å². The van der Waals surface area contributed by atoms with Crippen LogP contribution >= 0.6 is 0 Å². The molecule has 1 aromatic rings. The number of hydrogen-bond donors (Lipinski definition) is 0. The highest BCUT2D eigenvalue weighted by atomic mass is 16.6. The number of ether oxygens (including phenoxy) is 3. The van der Waals surface area contributed by atoms with Crippen molar-refractivity contribution in [2.45, 2.75) is 19.4 Å². The van der Waals surface area contributed by atoms with Gasteiger partial charge in [0.15, 0.2) is 0 Å². The second kappa shape index (κ2) is 6.95. The largest absolute Gasteiger partial charge is 0.489 e. The van der Waals surface area contributed by atoms with Crippen molar-refractivity contribution in [3.63, 3.8) is 0 Å². The molecule has 1 unspecified atom stereocenters. The third kappa shape index (κ3) is 4.75. The van der Waals surface area contributed by atoms with Gasteiger partial charge in [-0.2, -0.15) is 0 Å². The van der Waals surface area contributed by atoms with Crippen molar-refractivity contribution in [2.24, 2.45) is 0 Å². The van der Waals surface area contributed by atoms with Gasteiger partial charge in [-0.3, -0.25) is 0 Å². The SMILES string of the molecule is CCOC(=O)/C=C/COc1ccccc1CC1CO1. The van der Waals surface area contributed by atoms with Crippen LogP contribution in [0.25, 0.3) is 0 Å². The van der Waals surface area contributed by atoms with Gasteiger partial charge in [0.1, 0.15) is 12.4 Å². The minimum absolute atomic E-state index is 0.333. The molecule has 0 N–H and O–H groups in total. The van der Waals surface area contributed by atoms with Crippen molar-refractivity contribution in [2.75, 3.05) is 19.8 Å². The van der Waals surface area contributed by atoms with E-state index in [9.17, 15) is 4.79 Å². The van der Waals surface area contributed by atoms with Crippen molar-refractivity contribution in [3.8, 4) is 5.75 Å². The zero-order valence-corrected chi connectivity index (χ0v) is 11.0. The van der Waals surface area contributed by atoms with Crippen LogP contribution in [0.4, 0.5) is 0 Å². The summed E-state index contributed by atoms with van der Waals surface area (Å²) in [6, 6.07) is 7.88. The Morgan fingerprint density at radius 3 is 3.00 bits per heavy atom. The quantitative estimate of drug-likeness (QED) is 0.429. The first-order valence-corrected chi connectivity index (χ1v) is 6.45. The van der Waals surface area contributed by atoms with Gasteiger partial charge in [-0.25, -0.2) is 4.79 Å². The molecule has 0 aromatic heterocycles. The fourth-order valence-corrected chi connectivity index (χ4v) is 1.72. The summed E-state index contributed by atoms with van der Waals surface area (Å²) >= 11 is 0. The molecule has 1 fully saturated rings. The average Bonchev–Trinajstić information content (AvgIpc) is 3.21. The number of para-hydroxylation sites is 1. The van der Waals surface area contributed by atoms with E-state index in [1.807, 2.05) is 24.3 Å². The van der Waals surface area contributed by atoms with Gasteiger partial charge in [0, 0.05) is 12.5 Å². The third-order valence-corrected chi connectivity index (χ3v) is 2.70. The molecule has 1 aliphatic heterocycles. The van der Waals surface area contributed by atoms with Crippen molar-refractivity contribution < 1.29 is 19.0 Å². The van der Waals surface area contributed by atoms with Crippen molar-refractivity contribution >= 4 is 5.97 Å². The van der Waals surface area contributed by atoms with Crippen LogP contribution in [-0.2, 0) is 20.7 Å². The van der Waals surface area contributed by atoms with E-state index in [-0.39, 0.29) is 5.97 Å². The molecule has 1 atom stereocenters. The molecule has 1 aliphatic rings. The summed E-state index contributed by atoms with van der Waals surface area (Å²) in [4.78, 5) is 11.1. The predicted octanol–water partition coefficient (Wildman–Crippen LogP) is 2.13. The van der Waals surface area contributed by atoms with E-state index in [1.54, 1.807) is 13.0 Å². The smallest absolute Gasteiger partial charge is 0.330 e. The van der Waals surface area contributed by atoms with Gasteiger partial charge in [-0.05, 0) is 24.6 Å². The Labute approximate surface area is 113 Å². The topological polar surface area (TPSA) is 48.1 Å². The summed E-state index contributed by atoms with van der Waals surface area (Å²) in [6.45, 7) is 3.34. The van der Waals surface area contributed by atoms with Crippen LogP contribution in [0.1, 0.15) is 12.5 Å². The lowest BCUT2D eigenvalue weighted by atomic mass is 10.1. The molecule has 0 bridgehead atoms. The van der Waals surface area contributed by atoms with Crippen molar-refractivity contribution in [3.05, 3.63) is 42.0 Å². The van der Waals surface area contributed by atoms with Crippen LogP contribution in [0.2, 0.25) is 0 Å². The monoisotopic (exact) mass is 262 g/mol. The lowest BCUT2D eigenvalue weighted by Gasteiger charge is -2.08. The standard InChI is InChI=1S/C15H18O4/c1-2-17-15(16)8-5-9-18-14-7-4-3-6-12(14)10-13-11-19-13/h3-8,13H,2,9-11H2,1H3/b8-5+. The number of hydrogen-bond acceptors (Lipinski definition) is 4. The van der Waals surface area contributed by atoms with E-state index in [1.165, 1.54) is 6.08 Å².